The van der Waals surface area contributed by atoms with E-state index < -0.39 is 24.6 Å². The first-order valence-electron chi connectivity index (χ1n) is 9.91. The van der Waals surface area contributed by atoms with Gasteiger partial charge in [0.15, 0.2) is 12.2 Å². The topological polar surface area (TPSA) is 88.9 Å². The van der Waals surface area contributed by atoms with Crippen molar-refractivity contribution >= 4 is 16.7 Å². The molecule has 1 aliphatic heterocycles. The van der Waals surface area contributed by atoms with Crippen molar-refractivity contribution in [3.63, 3.8) is 0 Å². The van der Waals surface area contributed by atoms with Crippen LogP contribution < -0.4 is 9.47 Å². The largest absolute Gasteiger partial charge is 0.468 e. The lowest BCUT2D eigenvalue weighted by molar-refractivity contribution is -0.00282. The number of aromatic nitrogens is 1. The fraction of sp³-hybridized carbons (Fsp3) is 0.120. The van der Waals surface area contributed by atoms with E-state index >= 15 is 0 Å². The Bertz CT molecular complexity index is 1260. The Morgan fingerprint density at radius 2 is 1.61 bits per heavy atom. The number of nitrogens with zero attached hydrogens (tertiary/aromatic N) is 1. The summed E-state index contributed by atoms with van der Waals surface area (Å²) in [6.45, 7) is -0.496. The number of fused-ring (bicyclic) bond motifs is 2. The molecule has 0 spiro atoms. The van der Waals surface area contributed by atoms with Crippen LogP contribution in [-0.2, 0) is 0 Å². The van der Waals surface area contributed by atoms with Gasteiger partial charge in [-0.15, -0.1) is 0 Å². The molecule has 2 N–H and O–H groups in total. The third-order valence-corrected chi connectivity index (χ3v) is 5.28. The van der Waals surface area contributed by atoms with Gasteiger partial charge in [-0.1, -0.05) is 48.5 Å². The van der Waals surface area contributed by atoms with Crippen molar-refractivity contribution in [1.82, 2.24) is 4.98 Å². The Kier molecular flexibility index (Phi) is 4.86. The molecule has 2 atom stereocenters. The maximum absolute atomic E-state index is 13.0. The lowest BCUT2D eigenvalue weighted by Crippen LogP contribution is -2.45. The molecule has 0 aliphatic carbocycles. The molecule has 2 heterocycles. The molecule has 0 saturated carbocycles. The molecule has 154 valence electrons. The quantitative estimate of drug-likeness (QED) is 0.526. The van der Waals surface area contributed by atoms with Gasteiger partial charge in [-0.05, 0) is 29.8 Å². The van der Waals surface area contributed by atoms with E-state index in [1.165, 1.54) is 0 Å². The summed E-state index contributed by atoms with van der Waals surface area (Å²) in [7, 11) is 0. The van der Waals surface area contributed by atoms with E-state index in [9.17, 15) is 15.0 Å². The molecule has 6 nitrogen and oxygen atoms in total. The summed E-state index contributed by atoms with van der Waals surface area (Å²) in [5.41, 5.74) is 2.22. The second-order valence-corrected chi connectivity index (χ2v) is 7.28. The number of aliphatic hydroxyl groups is 2. The van der Waals surface area contributed by atoms with E-state index in [0.717, 1.165) is 10.9 Å². The van der Waals surface area contributed by atoms with E-state index in [2.05, 4.69) is 4.98 Å². The van der Waals surface area contributed by atoms with Gasteiger partial charge >= 0.3 is 0 Å². The van der Waals surface area contributed by atoms with Crippen molar-refractivity contribution in [3.8, 4) is 28.5 Å². The van der Waals surface area contributed by atoms with Gasteiger partial charge in [-0.3, -0.25) is 4.79 Å². The van der Waals surface area contributed by atoms with Gasteiger partial charge in [-0.2, -0.15) is 0 Å². The van der Waals surface area contributed by atoms with E-state index in [1.807, 2.05) is 72.8 Å². The summed E-state index contributed by atoms with van der Waals surface area (Å²) in [6, 6.07) is 24.3. The van der Waals surface area contributed by atoms with Gasteiger partial charge in [0.2, 0.25) is 11.7 Å². The number of para-hydroxylation sites is 1. The molecule has 6 heteroatoms. The van der Waals surface area contributed by atoms with Crippen molar-refractivity contribution in [2.75, 3.05) is 6.61 Å². The first kappa shape index (κ1) is 19.2. The Morgan fingerprint density at radius 1 is 0.903 bits per heavy atom. The summed E-state index contributed by atoms with van der Waals surface area (Å²) >= 11 is 0. The smallest absolute Gasteiger partial charge is 0.226 e. The third-order valence-electron chi connectivity index (χ3n) is 5.28. The molecule has 1 aromatic heterocycles. The van der Waals surface area contributed by atoms with Gasteiger partial charge in [-0.25, -0.2) is 4.98 Å². The Labute approximate surface area is 178 Å². The molecule has 0 bridgehead atoms. The van der Waals surface area contributed by atoms with Gasteiger partial charge < -0.3 is 19.7 Å². The third kappa shape index (κ3) is 3.42. The van der Waals surface area contributed by atoms with E-state index in [4.69, 9.17) is 9.47 Å². The van der Waals surface area contributed by atoms with Gasteiger partial charge in [0, 0.05) is 17.0 Å². The molecule has 0 radical (unpaired) electrons. The normalized spacial score (nSPS) is 17.8. The lowest BCUT2D eigenvalue weighted by Gasteiger charge is -2.29. The minimum absolute atomic E-state index is 0.0950. The molecule has 0 saturated heterocycles. The first-order chi connectivity index (χ1) is 15.2. The Morgan fingerprint density at radius 3 is 2.32 bits per heavy atom. The number of Topliss-reactive ketones (excluding diaryl/α,β-unsaturated/α-hetero) is 1. The van der Waals surface area contributed by atoms with Crippen molar-refractivity contribution in [2.24, 2.45) is 0 Å². The van der Waals surface area contributed by atoms with Gasteiger partial charge in [0.25, 0.3) is 0 Å². The number of hydrogen-bond donors (Lipinski definition) is 2. The fourth-order valence-electron chi connectivity index (χ4n) is 3.79. The number of hydrogen-bond acceptors (Lipinski definition) is 6. The first-order valence-corrected chi connectivity index (χ1v) is 9.91. The van der Waals surface area contributed by atoms with Crippen molar-refractivity contribution in [1.29, 1.82) is 0 Å². The minimum Gasteiger partial charge on any atom is -0.468 e. The molecular weight excluding hydrogens is 394 g/mol. The predicted octanol–water partition coefficient (Wildman–Crippen LogP) is 3.99. The van der Waals surface area contributed by atoms with Crippen LogP contribution in [0, 0.1) is 0 Å². The molecular formula is C25H19NO5. The number of ketones is 1. The van der Waals surface area contributed by atoms with Crippen LogP contribution >= 0.6 is 0 Å². The maximum Gasteiger partial charge on any atom is 0.226 e. The summed E-state index contributed by atoms with van der Waals surface area (Å²) in [4.78, 5) is 17.6. The number of ether oxygens (including phenoxy) is 2. The van der Waals surface area contributed by atoms with E-state index in [0.29, 0.717) is 22.6 Å². The van der Waals surface area contributed by atoms with Crippen LogP contribution in [0.2, 0.25) is 0 Å². The molecule has 0 unspecified atom stereocenters. The standard InChI is InChI=1S/C25H19NO5/c27-14-20-23(28)24(29)22-21(15-7-3-1-4-8-15)18-12-11-17(13-19(18)26-25(22)31-20)30-16-9-5-2-6-10-16/h1-13,20,23,27-28H,14H2/t20-,23-/m1/s1. The van der Waals surface area contributed by atoms with Crippen molar-refractivity contribution in [3.05, 3.63) is 84.4 Å². The number of carbonyl (C=O) groups is 1. The van der Waals surface area contributed by atoms with Crippen LogP contribution in [0.25, 0.3) is 22.0 Å². The summed E-state index contributed by atoms with van der Waals surface area (Å²) < 4.78 is 11.6. The number of carbonyl (C=O) groups excluding carboxylic acids is 1. The molecule has 4 aromatic rings. The minimum atomic E-state index is -1.46. The second-order valence-electron chi connectivity index (χ2n) is 7.28. The monoisotopic (exact) mass is 413 g/mol. The zero-order valence-corrected chi connectivity index (χ0v) is 16.4. The van der Waals surface area contributed by atoms with Crippen molar-refractivity contribution < 1.29 is 24.5 Å². The number of benzene rings is 3. The average molecular weight is 413 g/mol. The maximum atomic E-state index is 13.0. The highest BCUT2D eigenvalue weighted by molar-refractivity contribution is 6.14. The van der Waals surface area contributed by atoms with Crippen LogP contribution in [-0.4, -0.2) is 39.8 Å². The van der Waals surface area contributed by atoms with Gasteiger partial charge in [0.1, 0.15) is 11.5 Å². The van der Waals surface area contributed by atoms with E-state index in [-0.39, 0.29) is 11.4 Å². The number of aliphatic hydroxyl groups excluding tert-OH is 2. The highest BCUT2D eigenvalue weighted by atomic mass is 16.5. The van der Waals surface area contributed by atoms with Crippen molar-refractivity contribution in [2.45, 2.75) is 12.2 Å². The highest BCUT2D eigenvalue weighted by Gasteiger charge is 2.39. The van der Waals surface area contributed by atoms with Crippen LogP contribution in [0.5, 0.6) is 17.4 Å². The zero-order chi connectivity index (χ0) is 21.4. The van der Waals surface area contributed by atoms with Crippen LogP contribution in [0.4, 0.5) is 0 Å². The van der Waals surface area contributed by atoms with Crippen LogP contribution in [0.3, 0.4) is 0 Å². The SMILES string of the molecule is O=C1c2c(nc3cc(Oc4ccccc4)ccc3c2-c2ccccc2)O[C@H](CO)[C@H]1O. The van der Waals surface area contributed by atoms with E-state index in [1.54, 1.807) is 6.07 Å². The molecule has 0 amide bonds. The molecule has 1 aliphatic rings. The summed E-state index contributed by atoms with van der Waals surface area (Å²) in [5.74, 6) is 0.861. The Hall–Kier alpha value is -3.74. The van der Waals surface area contributed by atoms with Gasteiger partial charge in [0.05, 0.1) is 17.7 Å². The number of rotatable bonds is 4. The molecule has 3 aromatic carbocycles. The Balaban J connectivity index is 1.72. The van der Waals surface area contributed by atoms with Crippen LogP contribution in [0.1, 0.15) is 10.4 Å². The number of pyridine rings is 1. The average Bonchev–Trinajstić information content (AvgIpc) is 2.81. The predicted molar refractivity (Wildman–Crippen MR) is 116 cm³/mol. The lowest BCUT2D eigenvalue weighted by atomic mass is 9.89. The molecule has 5 rings (SSSR count). The zero-order valence-electron chi connectivity index (χ0n) is 16.4. The molecule has 0 fully saturated rings. The summed E-state index contributed by atoms with van der Waals surface area (Å²) in [5, 5.41) is 20.6. The molecule has 31 heavy (non-hydrogen) atoms. The van der Waals surface area contributed by atoms with Crippen LogP contribution in [0.15, 0.2) is 78.9 Å². The highest BCUT2D eigenvalue weighted by Crippen LogP contribution is 2.40. The second kappa shape index (κ2) is 7.83. The summed E-state index contributed by atoms with van der Waals surface area (Å²) in [6.07, 6.45) is -2.52. The fourth-order valence-corrected chi connectivity index (χ4v) is 3.79.